The van der Waals surface area contributed by atoms with Crippen molar-refractivity contribution in [3.8, 4) is 17.5 Å². The van der Waals surface area contributed by atoms with E-state index >= 15 is 0 Å². The number of carbonyl (C=O) groups is 1. The Labute approximate surface area is 173 Å². The minimum atomic E-state index is -3.14. The van der Waals surface area contributed by atoms with Gasteiger partial charge in [-0.15, -0.1) is 5.17 Å². The minimum absolute atomic E-state index is 0.293. The Morgan fingerprint density at radius 2 is 2.10 bits per heavy atom. The third-order valence-corrected chi connectivity index (χ3v) is 5.74. The van der Waals surface area contributed by atoms with E-state index < -0.39 is 17.4 Å². The molecule has 0 unspecified atom stereocenters. The highest BCUT2D eigenvalue weighted by molar-refractivity contribution is 5.93. The van der Waals surface area contributed by atoms with Crippen LogP contribution >= 0.6 is 0 Å². The van der Waals surface area contributed by atoms with Gasteiger partial charge in [0, 0.05) is 25.6 Å². The lowest BCUT2D eigenvalue weighted by atomic mass is 9.91. The zero-order valence-corrected chi connectivity index (χ0v) is 16.8. The van der Waals surface area contributed by atoms with Gasteiger partial charge in [-0.1, -0.05) is 17.9 Å². The van der Waals surface area contributed by atoms with E-state index in [0.717, 1.165) is 5.17 Å². The Hall–Kier alpha value is -2.80. The van der Waals surface area contributed by atoms with Crippen LogP contribution < -0.4 is 5.73 Å². The zero-order chi connectivity index (χ0) is 21.7. The first-order valence-corrected chi connectivity index (χ1v) is 9.76. The van der Waals surface area contributed by atoms with Crippen LogP contribution in [-0.2, 0) is 12.3 Å². The average Bonchev–Trinajstić information content (AvgIpc) is 3.22. The summed E-state index contributed by atoms with van der Waals surface area (Å²) in [5, 5.41) is 17.1. The molecule has 0 radical (unpaired) electrons. The molecule has 1 amide bonds. The number of nitrogens with two attached hydrogens (primary N) is 1. The van der Waals surface area contributed by atoms with Crippen LogP contribution in [0.15, 0.2) is 24.3 Å². The molecule has 0 spiro atoms. The summed E-state index contributed by atoms with van der Waals surface area (Å²) in [5.41, 5.74) is 5.34. The van der Waals surface area contributed by atoms with Crippen molar-refractivity contribution in [2.75, 3.05) is 13.6 Å². The summed E-state index contributed by atoms with van der Waals surface area (Å²) in [6, 6.07) is 6.98. The summed E-state index contributed by atoms with van der Waals surface area (Å²) in [6.45, 7) is 2.53. The standard InChI is InChI=1S/C21H23F2N5O2/c1-20(11-12-26(2)28(20)30)10-8-14-5-3-6-15(13-14)27-16-7-4-9-21(22,23)17(16)18(25-27)19(24)29/h3,5-6,13,30H,4,7,9,11-12H2,1-2H3,(H2,24,29)/t20-/m1/s1. The number of amides is 1. The van der Waals surface area contributed by atoms with Gasteiger partial charge in [-0.2, -0.15) is 5.10 Å². The highest BCUT2D eigenvalue weighted by atomic mass is 19.3. The monoisotopic (exact) mass is 415 g/mol. The first-order chi connectivity index (χ1) is 14.1. The number of hydrazine groups is 1. The summed E-state index contributed by atoms with van der Waals surface area (Å²) in [6.07, 6.45) is 1.02. The van der Waals surface area contributed by atoms with Gasteiger partial charge in [0.05, 0.1) is 16.9 Å². The summed E-state index contributed by atoms with van der Waals surface area (Å²) in [4.78, 5) is 11.8. The number of aromatic nitrogens is 2. The zero-order valence-electron chi connectivity index (χ0n) is 16.8. The van der Waals surface area contributed by atoms with Crippen molar-refractivity contribution < 1.29 is 18.8 Å². The molecule has 0 saturated carbocycles. The SMILES string of the molecule is CN1CC[C@@](C)(C#Cc2cccc(-n3nc(C(N)=O)c4c3CCCC4(F)F)c2)N1O. The van der Waals surface area contributed by atoms with Crippen molar-refractivity contribution in [3.05, 3.63) is 46.8 Å². The molecule has 30 heavy (non-hydrogen) atoms. The number of fused-ring (bicyclic) bond motifs is 1. The summed E-state index contributed by atoms with van der Waals surface area (Å²) in [5.74, 6) is 2.04. The predicted octanol–water partition coefficient (Wildman–Crippen LogP) is 2.45. The fourth-order valence-electron chi connectivity index (χ4n) is 4.04. The van der Waals surface area contributed by atoms with Crippen molar-refractivity contribution in [3.63, 3.8) is 0 Å². The minimum Gasteiger partial charge on any atom is -0.364 e. The van der Waals surface area contributed by atoms with Crippen LogP contribution in [0, 0.1) is 11.8 Å². The maximum atomic E-state index is 14.5. The number of nitrogens with zero attached hydrogens (tertiary/aromatic N) is 4. The highest BCUT2D eigenvalue weighted by Crippen LogP contribution is 2.42. The third-order valence-electron chi connectivity index (χ3n) is 5.74. The fourth-order valence-corrected chi connectivity index (χ4v) is 4.04. The second-order valence-electron chi connectivity index (χ2n) is 8.00. The molecule has 1 aromatic carbocycles. The molecule has 1 fully saturated rings. The quantitative estimate of drug-likeness (QED) is 0.736. The Bertz CT molecular complexity index is 1070. The van der Waals surface area contributed by atoms with Crippen LogP contribution in [0.5, 0.6) is 0 Å². The number of rotatable bonds is 2. The smallest absolute Gasteiger partial charge is 0.277 e. The van der Waals surface area contributed by atoms with Gasteiger partial charge < -0.3 is 5.73 Å². The average molecular weight is 415 g/mol. The molecule has 1 aliphatic heterocycles. The number of carbonyl (C=O) groups excluding carboxylic acids is 1. The van der Waals surface area contributed by atoms with Crippen molar-refractivity contribution in [2.24, 2.45) is 5.73 Å². The van der Waals surface area contributed by atoms with Crippen LogP contribution in [0.25, 0.3) is 5.69 Å². The molecule has 4 rings (SSSR count). The van der Waals surface area contributed by atoms with Gasteiger partial charge in [0.1, 0.15) is 5.54 Å². The second-order valence-corrected chi connectivity index (χ2v) is 8.00. The van der Waals surface area contributed by atoms with Crippen molar-refractivity contribution >= 4 is 5.91 Å². The normalized spacial score (nSPS) is 23.6. The molecule has 0 bridgehead atoms. The Kier molecular flexibility index (Phi) is 4.89. The van der Waals surface area contributed by atoms with Crippen LogP contribution in [0.3, 0.4) is 0 Å². The molecule has 1 aromatic heterocycles. The molecule has 158 valence electrons. The fraction of sp³-hybridized carbons (Fsp3) is 0.429. The maximum absolute atomic E-state index is 14.5. The molecule has 2 aromatic rings. The number of hydrogen-bond donors (Lipinski definition) is 2. The molecular formula is C21H23F2N5O2. The number of hydrogen-bond acceptors (Lipinski definition) is 5. The topological polar surface area (TPSA) is 87.6 Å². The first kappa shape index (κ1) is 20.5. The van der Waals surface area contributed by atoms with Gasteiger partial charge in [-0.05, 0) is 44.4 Å². The first-order valence-electron chi connectivity index (χ1n) is 9.76. The van der Waals surface area contributed by atoms with Crippen molar-refractivity contribution in [1.29, 1.82) is 0 Å². The molecule has 1 atom stereocenters. The van der Waals surface area contributed by atoms with E-state index in [-0.39, 0.29) is 17.7 Å². The van der Waals surface area contributed by atoms with Gasteiger partial charge in [-0.3, -0.25) is 10.0 Å². The predicted molar refractivity (Wildman–Crippen MR) is 105 cm³/mol. The van der Waals surface area contributed by atoms with Crippen LogP contribution in [0.1, 0.15) is 53.5 Å². The largest absolute Gasteiger partial charge is 0.364 e. The molecule has 9 heteroatoms. The van der Waals surface area contributed by atoms with E-state index in [1.165, 1.54) is 4.68 Å². The lowest BCUT2D eigenvalue weighted by molar-refractivity contribution is -0.244. The summed E-state index contributed by atoms with van der Waals surface area (Å²) >= 11 is 0. The number of hydroxylamine groups is 1. The lowest BCUT2D eigenvalue weighted by Gasteiger charge is -2.27. The van der Waals surface area contributed by atoms with E-state index in [9.17, 15) is 18.8 Å². The maximum Gasteiger partial charge on any atom is 0.277 e. The number of primary amides is 1. The van der Waals surface area contributed by atoms with E-state index in [4.69, 9.17) is 5.73 Å². The molecule has 2 heterocycles. The van der Waals surface area contributed by atoms with Gasteiger partial charge in [-0.25, -0.2) is 18.5 Å². The van der Waals surface area contributed by atoms with E-state index in [2.05, 4.69) is 16.9 Å². The molecule has 1 saturated heterocycles. The van der Waals surface area contributed by atoms with E-state index in [1.54, 1.807) is 36.3 Å². The Morgan fingerprint density at radius 3 is 2.77 bits per heavy atom. The number of halogens is 2. The summed E-state index contributed by atoms with van der Waals surface area (Å²) < 4.78 is 30.4. The van der Waals surface area contributed by atoms with E-state index in [1.807, 2.05) is 6.92 Å². The third kappa shape index (κ3) is 3.37. The second kappa shape index (κ2) is 7.16. The van der Waals surface area contributed by atoms with Gasteiger partial charge >= 0.3 is 0 Å². The summed E-state index contributed by atoms with van der Waals surface area (Å²) in [7, 11) is 1.78. The van der Waals surface area contributed by atoms with Gasteiger partial charge in [0.25, 0.3) is 11.8 Å². The number of alkyl halides is 2. The Balaban J connectivity index is 1.75. The number of benzene rings is 1. The van der Waals surface area contributed by atoms with Crippen LogP contribution in [0.4, 0.5) is 8.78 Å². The van der Waals surface area contributed by atoms with Crippen molar-refractivity contribution in [1.82, 2.24) is 20.0 Å². The van der Waals surface area contributed by atoms with Gasteiger partial charge in [0.15, 0.2) is 5.69 Å². The van der Waals surface area contributed by atoms with Crippen LogP contribution in [-0.4, -0.2) is 50.2 Å². The molecule has 3 N–H and O–H groups in total. The highest BCUT2D eigenvalue weighted by Gasteiger charge is 2.43. The van der Waals surface area contributed by atoms with Crippen LogP contribution in [0.2, 0.25) is 0 Å². The molecule has 2 aliphatic rings. The molecular weight excluding hydrogens is 392 g/mol. The molecule has 7 nitrogen and oxygen atoms in total. The van der Waals surface area contributed by atoms with Gasteiger partial charge in [0.2, 0.25) is 0 Å². The van der Waals surface area contributed by atoms with E-state index in [0.29, 0.717) is 42.8 Å². The lowest BCUT2D eigenvalue weighted by Crippen LogP contribution is -2.43. The Morgan fingerprint density at radius 1 is 1.33 bits per heavy atom. The van der Waals surface area contributed by atoms with Crippen molar-refractivity contribution in [2.45, 2.75) is 44.1 Å². The molecule has 1 aliphatic carbocycles.